The molecule has 0 bridgehead atoms. The Morgan fingerprint density at radius 2 is 0.605 bits per heavy atom. The fourth-order valence-corrected chi connectivity index (χ4v) is 3.21. The molecule has 0 fully saturated rings. The van der Waals surface area contributed by atoms with E-state index in [0.29, 0.717) is 12.0 Å². The lowest BCUT2D eigenvalue weighted by atomic mass is 10.1. The summed E-state index contributed by atoms with van der Waals surface area (Å²) < 4.78 is 21.7. The zero-order valence-electron chi connectivity index (χ0n) is 32.9. The minimum Gasteiger partial charge on any atom is -0.381 e. The van der Waals surface area contributed by atoms with E-state index in [0.717, 1.165) is 81.8 Å². The predicted molar refractivity (Wildman–Crippen MR) is 194 cm³/mol. The van der Waals surface area contributed by atoms with Crippen molar-refractivity contribution in [2.45, 2.75) is 168 Å². The van der Waals surface area contributed by atoms with Gasteiger partial charge in [-0.3, -0.25) is 0 Å². The summed E-state index contributed by atoms with van der Waals surface area (Å²) >= 11 is 0. The van der Waals surface area contributed by atoms with Crippen LogP contribution in [0.4, 0.5) is 0 Å². The second-order valence-corrected chi connectivity index (χ2v) is 15.4. The molecule has 0 unspecified atom stereocenters. The average molecular weight is 619 g/mol. The van der Waals surface area contributed by atoms with E-state index >= 15 is 0 Å². The molecule has 4 heteroatoms. The van der Waals surface area contributed by atoms with Crippen LogP contribution >= 0.6 is 0 Å². The van der Waals surface area contributed by atoms with Gasteiger partial charge in [0.05, 0.1) is 6.10 Å². The lowest BCUT2D eigenvalue weighted by molar-refractivity contribution is 0.0710. The maximum absolute atomic E-state index is 5.49. The molecule has 0 saturated carbocycles. The van der Waals surface area contributed by atoms with Crippen molar-refractivity contribution in [1.29, 1.82) is 0 Å². The molecule has 43 heavy (non-hydrogen) atoms. The largest absolute Gasteiger partial charge is 0.381 e. The zero-order chi connectivity index (χ0) is 34.1. The van der Waals surface area contributed by atoms with E-state index in [1.54, 1.807) is 0 Å². The lowest BCUT2D eigenvalue weighted by Crippen LogP contribution is -2.05. The van der Waals surface area contributed by atoms with Crippen molar-refractivity contribution in [3.05, 3.63) is 0 Å². The fraction of sp³-hybridized carbons (Fsp3) is 1.00. The average Bonchev–Trinajstić information content (AvgIpc) is 2.86. The molecule has 0 heterocycles. The Labute approximate surface area is 274 Å². The van der Waals surface area contributed by atoms with E-state index in [1.165, 1.54) is 51.4 Å². The fourth-order valence-electron chi connectivity index (χ4n) is 3.21. The van der Waals surface area contributed by atoms with E-state index < -0.39 is 0 Å². The molecular weight excluding hydrogens is 532 g/mol. The quantitative estimate of drug-likeness (QED) is 0.107. The molecule has 0 atom stereocenters. The molecule has 0 aliphatic carbocycles. The molecule has 0 aromatic rings. The van der Waals surface area contributed by atoms with Gasteiger partial charge in [0.2, 0.25) is 0 Å². The first-order valence-electron chi connectivity index (χ1n) is 18.4. The Kier molecular flexibility index (Phi) is 44.0. The van der Waals surface area contributed by atoms with Gasteiger partial charge in [-0.25, -0.2) is 0 Å². The second kappa shape index (κ2) is 38.0. The van der Waals surface area contributed by atoms with Crippen molar-refractivity contribution in [2.24, 2.45) is 41.4 Å². The van der Waals surface area contributed by atoms with Crippen LogP contribution < -0.4 is 0 Å². The highest BCUT2D eigenvalue weighted by atomic mass is 16.5. The first kappa shape index (κ1) is 49.7. The summed E-state index contributed by atoms with van der Waals surface area (Å²) in [5, 5.41) is 0. The molecular formula is C39H86O4. The molecule has 0 radical (unpaired) electrons. The van der Waals surface area contributed by atoms with Crippen molar-refractivity contribution in [3.63, 3.8) is 0 Å². The third-order valence-electron chi connectivity index (χ3n) is 6.26. The van der Waals surface area contributed by atoms with Crippen LogP contribution in [-0.4, -0.2) is 52.4 Å². The summed E-state index contributed by atoms with van der Waals surface area (Å²) in [5.74, 6) is 5.39. The summed E-state index contributed by atoms with van der Waals surface area (Å²) in [7, 11) is 0. The third kappa shape index (κ3) is 69.8. The maximum Gasteiger partial charge on any atom is 0.0518 e. The van der Waals surface area contributed by atoms with E-state index in [1.807, 2.05) is 0 Å². The molecule has 0 rings (SSSR count). The van der Waals surface area contributed by atoms with Crippen molar-refractivity contribution in [2.75, 3.05) is 46.2 Å². The topological polar surface area (TPSA) is 36.9 Å². The van der Waals surface area contributed by atoms with Gasteiger partial charge in [0.1, 0.15) is 0 Å². The molecule has 0 aliphatic heterocycles. The van der Waals surface area contributed by atoms with E-state index in [-0.39, 0.29) is 0 Å². The van der Waals surface area contributed by atoms with Gasteiger partial charge < -0.3 is 18.9 Å². The monoisotopic (exact) mass is 619 g/mol. The van der Waals surface area contributed by atoms with Crippen molar-refractivity contribution in [3.8, 4) is 0 Å². The van der Waals surface area contributed by atoms with E-state index in [2.05, 4.69) is 111 Å². The maximum atomic E-state index is 5.49. The van der Waals surface area contributed by atoms with Gasteiger partial charge in [-0.05, 0) is 107 Å². The molecule has 266 valence electrons. The lowest BCUT2D eigenvalue weighted by Gasteiger charge is -2.08. The minimum atomic E-state index is 0.392. The summed E-state index contributed by atoms with van der Waals surface area (Å²) in [4.78, 5) is 0. The van der Waals surface area contributed by atoms with Crippen LogP contribution in [0.5, 0.6) is 0 Å². The van der Waals surface area contributed by atoms with Gasteiger partial charge in [-0.15, -0.1) is 0 Å². The van der Waals surface area contributed by atoms with Crippen LogP contribution in [0.3, 0.4) is 0 Å². The standard InChI is InChI=1S/2C11H24O.C9H20O.C8H18O/c2*1-10(2)6-5-8-12-9-7-11(3)4;1-8(2)5-6-10-7-9(3)4;1-7(2)5-6-9-8(3)4/h2*10-11H,5-9H2,1-4H3;8-9H,5-7H2,1-4H3;7-8H,5-6H2,1-4H3. The second-order valence-electron chi connectivity index (χ2n) is 15.4. The van der Waals surface area contributed by atoms with Crippen molar-refractivity contribution >= 4 is 0 Å². The van der Waals surface area contributed by atoms with Crippen LogP contribution in [0.25, 0.3) is 0 Å². The molecule has 0 aromatic carbocycles. The SMILES string of the molecule is CC(C)CCCOCCC(C)C.CC(C)CCCOCCC(C)C.CC(C)CCOC(C)C.CC(C)CCOCC(C)C. The molecule has 0 aliphatic rings. The van der Waals surface area contributed by atoms with Gasteiger partial charge in [-0.1, -0.05) is 96.9 Å². The molecule has 0 spiro atoms. The normalized spacial score (nSPS) is 11.4. The molecule has 0 amide bonds. The highest BCUT2D eigenvalue weighted by Gasteiger charge is 1.98. The Morgan fingerprint density at radius 3 is 0.884 bits per heavy atom. The predicted octanol–water partition coefficient (Wildman–Crippen LogP) is 12.1. The van der Waals surface area contributed by atoms with Crippen LogP contribution in [0, 0.1) is 41.4 Å². The molecule has 0 N–H and O–H groups in total. The number of hydrogen-bond donors (Lipinski definition) is 0. The van der Waals surface area contributed by atoms with Crippen LogP contribution in [0.15, 0.2) is 0 Å². The smallest absolute Gasteiger partial charge is 0.0518 e. The molecule has 0 saturated heterocycles. The van der Waals surface area contributed by atoms with Gasteiger partial charge in [-0.2, -0.15) is 0 Å². The van der Waals surface area contributed by atoms with Gasteiger partial charge >= 0.3 is 0 Å². The summed E-state index contributed by atoms with van der Waals surface area (Å²) in [6.07, 6.45) is 10.2. The molecule has 4 nitrogen and oxygen atoms in total. The van der Waals surface area contributed by atoms with E-state index in [9.17, 15) is 0 Å². The Hall–Kier alpha value is -0.160. The third-order valence-corrected chi connectivity index (χ3v) is 6.26. The summed E-state index contributed by atoms with van der Waals surface area (Å²) in [6, 6.07) is 0. The van der Waals surface area contributed by atoms with Crippen LogP contribution in [0.1, 0.15) is 162 Å². The summed E-state index contributed by atoms with van der Waals surface area (Å²) in [6.45, 7) is 41.9. The first-order chi connectivity index (χ1) is 20.0. The zero-order valence-corrected chi connectivity index (χ0v) is 32.9. The Balaban J connectivity index is -0.000000237. The molecule has 0 aromatic heterocycles. The number of hydrogen-bond acceptors (Lipinski definition) is 4. The Bertz CT molecular complexity index is 404. The number of rotatable bonds is 23. The first-order valence-corrected chi connectivity index (χ1v) is 18.4. The minimum absolute atomic E-state index is 0.392. The number of ether oxygens (including phenoxy) is 4. The highest BCUT2D eigenvalue weighted by Crippen LogP contribution is 2.06. The van der Waals surface area contributed by atoms with Gasteiger partial charge in [0, 0.05) is 46.2 Å². The van der Waals surface area contributed by atoms with Crippen LogP contribution in [-0.2, 0) is 18.9 Å². The van der Waals surface area contributed by atoms with E-state index in [4.69, 9.17) is 18.9 Å². The van der Waals surface area contributed by atoms with Gasteiger partial charge in [0.15, 0.2) is 0 Å². The highest BCUT2D eigenvalue weighted by molar-refractivity contribution is 4.48. The van der Waals surface area contributed by atoms with Crippen molar-refractivity contribution < 1.29 is 18.9 Å². The van der Waals surface area contributed by atoms with Crippen LogP contribution in [0.2, 0.25) is 0 Å². The van der Waals surface area contributed by atoms with Gasteiger partial charge in [0.25, 0.3) is 0 Å². The van der Waals surface area contributed by atoms with Crippen molar-refractivity contribution in [1.82, 2.24) is 0 Å². The Morgan fingerprint density at radius 1 is 0.302 bits per heavy atom. The summed E-state index contributed by atoms with van der Waals surface area (Å²) in [5.41, 5.74) is 0.